The first-order chi connectivity index (χ1) is 16.8. The first-order valence-corrected chi connectivity index (χ1v) is 11.5. The number of ether oxygens (including phenoxy) is 6. The first kappa shape index (κ1) is 30.5. The van der Waals surface area contributed by atoms with Crippen LogP contribution in [-0.4, -0.2) is 66.5 Å². The highest BCUT2D eigenvalue weighted by Crippen LogP contribution is 2.30. The van der Waals surface area contributed by atoms with E-state index >= 15 is 0 Å². The third kappa shape index (κ3) is 12.2. The second kappa shape index (κ2) is 14.8. The van der Waals surface area contributed by atoms with Crippen LogP contribution in [0.25, 0.3) is 0 Å². The molecule has 0 radical (unpaired) electrons. The van der Waals surface area contributed by atoms with E-state index in [2.05, 4.69) is 5.32 Å². The molecular weight excluding hydrogens is 478 g/mol. The molecule has 0 aliphatic carbocycles. The van der Waals surface area contributed by atoms with Crippen molar-refractivity contribution >= 4 is 24.4 Å². The molecule has 12 nitrogen and oxygen atoms in total. The highest BCUT2D eigenvalue weighted by molar-refractivity contribution is 5.74. The number of hydrogen-bond donors (Lipinski definition) is 2. The Labute approximate surface area is 210 Å². The zero-order valence-corrected chi connectivity index (χ0v) is 21.6. The van der Waals surface area contributed by atoms with E-state index < -0.39 is 48.8 Å². The summed E-state index contributed by atoms with van der Waals surface area (Å²) in [5, 5.41) is 12.4. The minimum Gasteiger partial charge on any atom is -0.480 e. The molecule has 2 atom stereocenters. The first-order valence-electron chi connectivity index (χ1n) is 11.5. The average Bonchev–Trinajstić information content (AvgIpc) is 2.70. The van der Waals surface area contributed by atoms with E-state index in [9.17, 15) is 24.3 Å². The summed E-state index contributed by atoms with van der Waals surface area (Å²) in [4.78, 5) is 47.4. The van der Waals surface area contributed by atoms with E-state index in [1.165, 1.54) is 18.2 Å². The van der Waals surface area contributed by atoms with Gasteiger partial charge in [-0.15, -0.1) is 0 Å². The fourth-order valence-electron chi connectivity index (χ4n) is 2.67. The van der Waals surface area contributed by atoms with Gasteiger partial charge in [-0.1, -0.05) is 6.07 Å². The van der Waals surface area contributed by atoms with E-state index in [0.717, 1.165) is 0 Å². The quantitative estimate of drug-likeness (QED) is 0.235. The normalized spacial score (nSPS) is 12.6. The van der Waals surface area contributed by atoms with Gasteiger partial charge in [0.1, 0.15) is 12.1 Å². The largest absolute Gasteiger partial charge is 0.514 e. The van der Waals surface area contributed by atoms with Crippen LogP contribution in [-0.2, 0) is 30.2 Å². The number of benzene rings is 1. The maximum absolute atomic E-state index is 12.0. The van der Waals surface area contributed by atoms with Crippen LogP contribution in [0.3, 0.4) is 0 Å². The minimum absolute atomic E-state index is 0.0369. The molecule has 1 aromatic rings. The van der Waals surface area contributed by atoms with Crippen molar-refractivity contribution in [2.45, 2.75) is 85.3 Å². The van der Waals surface area contributed by atoms with Crippen molar-refractivity contribution in [2.75, 3.05) is 6.54 Å². The number of rotatable bonds is 12. The molecule has 0 spiro atoms. The molecule has 0 heterocycles. The Morgan fingerprint density at radius 3 is 1.75 bits per heavy atom. The molecule has 0 saturated heterocycles. The topological polar surface area (TPSA) is 156 Å². The maximum Gasteiger partial charge on any atom is 0.514 e. The van der Waals surface area contributed by atoms with Crippen molar-refractivity contribution < 1.29 is 52.7 Å². The van der Waals surface area contributed by atoms with Crippen molar-refractivity contribution in [1.82, 2.24) is 5.32 Å². The Balaban J connectivity index is 2.98. The van der Waals surface area contributed by atoms with E-state index in [0.29, 0.717) is 5.56 Å². The average molecular weight is 514 g/mol. The zero-order valence-electron chi connectivity index (χ0n) is 21.6. The Morgan fingerprint density at radius 1 is 0.750 bits per heavy atom. The maximum atomic E-state index is 12.0. The van der Waals surface area contributed by atoms with Gasteiger partial charge in [-0.25, -0.2) is 14.4 Å². The number of carboxylic acids is 1. The predicted octanol–water partition coefficient (Wildman–Crippen LogP) is 4.07. The van der Waals surface area contributed by atoms with Gasteiger partial charge >= 0.3 is 24.4 Å². The fourth-order valence-corrected chi connectivity index (χ4v) is 2.67. The number of hydrogen-bond acceptors (Lipinski definition) is 11. The van der Waals surface area contributed by atoms with Gasteiger partial charge < -0.3 is 38.8 Å². The molecule has 202 valence electrons. The van der Waals surface area contributed by atoms with Gasteiger partial charge in [-0.2, -0.15) is 0 Å². The van der Waals surface area contributed by atoms with Crippen LogP contribution in [0.1, 0.15) is 54.0 Å². The van der Waals surface area contributed by atoms with Gasteiger partial charge in [0.05, 0.1) is 18.3 Å². The summed E-state index contributed by atoms with van der Waals surface area (Å²) < 4.78 is 30.2. The predicted molar refractivity (Wildman–Crippen MR) is 126 cm³/mol. The van der Waals surface area contributed by atoms with Crippen molar-refractivity contribution in [3.8, 4) is 11.5 Å². The van der Waals surface area contributed by atoms with Gasteiger partial charge in [0.2, 0.25) is 0 Å². The molecule has 0 amide bonds. The highest BCUT2D eigenvalue weighted by Gasteiger charge is 2.23. The monoisotopic (exact) mass is 513 g/mol. The lowest BCUT2D eigenvalue weighted by atomic mass is 10.0. The third-order valence-electron chi connectivity index (χ3n) is 4.08. The second-order valence-electron chi connectivity index (χ2n) is 8.67. The molecule has 0 aromatic heterocycles. The van der Waals surface area contributed by atoms with E-state index in [4.69, 9.17) is 28.4 Å². The van der Waals surface area contributed by atoms with Crippen LogP contribution in [0.2, 0.25) is 0 Å². The Kier molecular flexibility index (Phi) is 12.5. The summed E-state index contributed by atoms with van der Waals surface area (Å²) >= 11 is 0. The summed E-state index contributed by atoms with van der Waals surface area (Å²) in [5.41, 5.74) is 0.444. The second-order valence-corrected chi connectivity index (χ2v) is 8.67. The van der Waals surface area contributed by atoms with Gasteiger partial charge in [-0.3, -0.25) is 4.79 Å². The van der Waals surface area contributed by atoms with Gasteiger partial charge in [0.15, 0.2) is 11.5 Å². The summed E-state index contributed by atoms with van der Waals surface area (Å²) in [6, 6.07) is 3.14. The molecule has 12 heteroatoms. The summed E-state index contributed by atoms with van der Waals surface area (Å²) in [5.74, 6) is -1.43. The van der Waals surface area contributed by atoms with E-state index in [-0.39, 0.29) is 30.6 Å². The third-order valence-corrected chi connectivity index (χ3v) is 4.08. The molecule has 1 rings (SSSR count). The van der Waals surface area contributed by atoms with Crippen LogP contribution >= 0.6 is 0 Å². The lowest BCUT2D eigenvalue weighted by molar-refractivity contribution is -0.139. The van der Waals surface area contributed by atoms with E-state index in [1.54, 1.807) is 48.5 Å². The molecule has 0 bridgehead atoms. The van der Waals surface area contributed by atoms with Crippen LogP contribution in [0, 0.1) is 0 Å². The minimum atomic E-state index is -1.16. The molecular formula is C24H35NO11. The number of carboxylic acid groups (broad SMARTS) is 1. The van der Waals surface area contributed by atoms with Crippen LogP contribution in [0.4, 0.5) is 14.4 Å². The van der Waals surface area contributed by atoms with Crippen LogP contribution < -0.4 is 14.8 Å². The van der Waals surface area contributed by atoms with Crippen molar-refractivity contribution in [2.24, 2.45) is 0 Å². The van der Waals surface area contributed by atoms with Crippen LogP contribution in [0.15, 0.2) is 18.2 Å². The van der Waals surface area contributed by atoms with Crippen molar-refractivity contribution in [3.63, 3.8) is 0 Å². The number of carbonyl (C=O) groups is 4. The lowest BCUT2D eigenvalue weighted by Crippen LogP contribution is -2.42. The number of carbonyl (C=O) groups excluding carboxylic acids is 3. The van der Waals surface area contributed by atoms with Crippen molar-refractivity contribution in [1.29, 1.82) is 0 Å². The Bertz CT molecular complexity index is 898. The number of aliphatic carboxylic acids is 1. The molecule has 2 N–H and O–H groups in total. The summed E-state index contributed by atoms with van der Waals surface area (Å²) in [6.07, 6.45) is -4.83. The standard InChI is InChI=1S/C24H35NO11/c1-13(2)31-22(28)34-16(7)12-25-18(21(26)27)10-17-8-9-19(35-23(29)32-14(3)4)20(11-17)36-24(30)33-15(5)6/h8-9,11,13-16,18,25H,10,12H2,1-7H3,(H,26,27)/t16?,18-/m0/s1. The zero-order chi connectivity index (χ0) is 27.4. The molecule has 36 heavy (non-hydrogen) atoms. The molecule has 1 unspecified atom stereocenters. The molecule has 0 saturated carbocycles. The fraction of sp³-hybridized carbons (Fsp3) is 0.583. The van der Waals surface area contributed by atoms with E-state index in [1.807, 2.05) is 0 Å². The molecule has 0 aliphatic heterocycles. The molecule has 1 aromatic carbocycles. The molecule has 0 fully saturated rings. The Morgan fingerprint density at radius 2 is 1.25 bits per heavy atom. The highest BCUT2D eigenvalue weighted by atomic mass is 16.8. The number of nitrogens with one attached hydrogen (secondary N) is 1. The van der Waals surface area contributed by atoms with Crippen LogP contribution in [0.5, 0.6) is 11.5 Å². The van der Waals surface area contributed by atoms with Crippen molar-refractivity contribution in [3.05, 3.63) is 23.8 Å². The Hall–Kier alpha value is -3.54. The SMILES string of the molecule is CC(C)OC(=O)Oc1ccc(C[C@H](NCC(C)OC(=O)OC(C)C)C(=O)O)cc1OC(=O)OC(C)C. The van der Waals surface area contributed by atoms with Gasteiger partial charge in [-0.05, 0) is 72.6 Å². The summed E-state index contributed by atoms with van der Waals surface area (Å²) in [7, 11) is 0. The summed E-state index contributed by atoms with van der Waals surface area (Å²) in [6.45, 7) is 11.5. The molecule has 0 aliphatic rings. The smallest absolute Gasteiger partial charge is 0.480 e. The lowest BCUT2D eigenvalue weighted by Gasteiger charge is -2.19. The van der Waals surface area contributed by atoms with Gasteiger partial charge in [0, 0.05) is 6.54 Å². The van der Waals surface area contributed by atoms with Gasteiger partial charge in [0.25, 0.3) is 0 Å².